The summed E-state index contributed by atoms with van der Waals surface area (Å²) in [6.07, 6.45) is 0. The second-order valence-electron chi connectivity index (χ2n) is 7.27. The molecule has 8 heteroatoms. The van der Waals surface area contributed by atoms with Crippen LogP contribution in [0.1, 0.15) is 27.5 Å². The second-order valence-corrected chi connectivity index (χ2v) is 8.18. The molecule has 2 amide bonds. The summed E-state index contributed by atoms with van der Waals surface area (Å²) in [5.74, 6) is -0.204. The first-order valence-corrected chi connectivity index (χ1v) is 10.6. The van der Waals surface area contributed by atoms with Crippen molar-refractivity contribution in [1.29, 1.82) is 0 Å². The third-order valence-corrected chi connectivity index (χ3v) is 5.75. The number of hydrogen-bond acceptors (Lipinski definition) is 4. The van der Waals surface area contributed by atoms with E-state index in [4.69, 9.17) is 9.47 Å². The van der Waals surface area contributed by atoms with Gasteiger partial charge in [-0.25, -0.2) is 4.39 Å². The van der Waals surface area contributed by atoms with Crippen LogP contribution in [0, 0.1) is 5.82 Å². The first-order valence-electron chi connectivity index (χ1n) is 9.78. The molecule has 0 bridgehead atoms. The number of ether oxygens (including phenoxy) is 2. The Morgan fingerprint density at radius 3 is 2.31 bits per heavy atom. The molecular weight excluding hydrogens is 479 g/mol. The number of halogens is 2. The van der Waals surface area contributed by atoms with Crippen LogP contribution in [0.3, 0.4) is 0 Å². The van der Waals surface area contributed by atoms with E-state index in [1.54, 1.807) is 36.4 Å². The minimum Gasteiger partial charge on any atom is -0.497 e. The summed E-state index contributed by atoms with van der Waals surface area (Å²) >= 11 is 3.47. The third kappa shape index (κ3) is 4.31. The molecule has 4 rings (SSSR count). The van der Waals surface area contributed by atoms with E-state index in [2.05, 4.69) is 21.2 Å². The van der Waals surface area contributed by atoms with Crippen molar-refractivity contribution in [2.75, 3.05) is 26.1 Å². The molecule has 0 aromatic heterocycles. The molecule has 1 heterocycles. The lowest BCUT2D eigenvalue weighted by Crippen LogP contribution is -2.39. The van der Waals surface area contributed by atoms with Gasteiger partial charge in [-0.05, 0) is 48.0 Å². The molecule has 0 radical (unpaired) electrons. The Labute approximate surface area is 193 Å². The molecule has 1 atom stereocenters. The zero-order chi connectivity index (χ0) is 22.8. The van der Waals surface area contributed by atoms with Gasteiger partial charge in [-0.1, -0.05) is 28.1 Å². The van der Waals surface area contributed by atoms with Crippen molar-refractivity contribution < 1.29 is 23.5 Å². The number of fused-ring (bicyclic) bond motifs is 1. The number of amides is 2. The molecular formula is C24H20BrFN2O4. The highest BCUT2D eigenvalue weighted by Crippen LogP contribution is 2.38. The molecule has 32 heavy (non-hydrogen) atoms. The molecule has 0 unspecified atom stereocenters. The Morgan fingerprint density at radius 2 is 1.69 bits per heavy atom. The van der Waals surface area contributed by atoms with Gasteiger partial charge in [0.15, 0.2) is 0 Å². The summed E-state index contributed by atoms with van der Waals surface area (Å²) in [4.78, 5) is 27.9. The molecule has 0 saturated carbocycles. The highest BCUT2D eigenvalue weighted by Gasteiger charge is 2.34. The Morgan fingerprint density at radius 1 is 1.03 bits per heavy atom. The predicted molar refractivity (Wildman–Crippen MR) is 122 cm³/mol. The average Bonchev–Trinajstić information content (AvgIpc) is 2.94. The smallest absolute Gasteiger partial charge is 0.255 e. The SMILES string of the molecule is COc1cc(OC)cc(C(=O)N2CC(=O)Nc3ccc(Br)cc3[C@H]2c2ccc(F)cc2)c1. The topological polar surface area (TPSA) is 67.9 Å². The molecule has 0 aliphatic carbocycles. The van der Waals surface area contributed by atoms with Crippen molar-refractivity contribution in [3.8, 4) is 11.5 Å². The van der Waals surface area contributed by atoms with Crippen LogP contribution in [0.4, 0.5) is 10.1 Å². The maximum absolute atomic E-state index is 13.7. The number of carbonyl (C=O) groups excluding carboxylic acids is 2. The summed E-state index contributed by atoms with van der Waals surface area (Å²) in [5, 5.41) is 2.87. The predicted octanol–water partition coefficient (Wildman–Crippen LogP) is 4.79. The first-order chi connectivity index (χ1) is 15.4. The van der Waals surface area contributed by atoms with Gasteiger partial charge in [0.05, 0.1) is 20.3 Å². The van der Waals surface area contributed by atoms with Crippen LogP contribution >= 0.6 is 15.9 Å². The van der Waals surface area contributed by atoms with Gasteiger partial charge in [0.25, 0.3) is 5.91 Å². The molecule has 3 aromatic carbocycles. The van der Waals surface area contributed by atoms with Gasteiger partial charge in [0.1, 0.15) is 23.9 Å². The van der Waals surface area contributed by atoms with Crippen LogP contribution in [0.2, 0.25) is 0 Å². The number of nitrogens with one attached hydrogen (secondary N) is 1. The van der Waals surface area contributed by atoms with Crippen molar-refractivity contribution in [2.45, 2.75) is 6.04 Å². The lowest BCUT2D eigenvalue weighted by Gasteiger charge is -2.31. The quantitative estimate of drug-likeness (QED) is 0.561. The third-order valence-electron chi connectivity index (χ3n) is 5.25. The second kappa shape index (κ2) is 9.00. The Bertz CT molecular complexity index is 1160. The zero-order valence-electron chi connectivity index (χ0n) is 17.4. The molecule has 1 aliphatic heterocycles. The Balaban J connectivity index is 1.89. The number of carbonyl (C=O) groups is 2. The number of nitrogens with zero attached hydrogens (tertiary/aromatic N) is 1. The molecule has 0 saturated heterocycles. The van der Waals surface area contributed by atoms with E-state index < -0.39 is 6.04 Å². The number of rotatable bonds is 4. The van der Waals surface area contributed by atoms with E-state index in [0.717, 1.165) is 4.47 Å². The maximum atomic E-state index is 13.7. The summed E-state index contributed by atoms with van der Waals surface area (Å²) < 4.78 is 25.0. The van der Waals surface area contributed by atoms with E-state index in [-0.39, 0.29) is 24.2 Å². The highest BCUT2D eigenvalue weighted by atomic mass is 79.9. The number of anilines is 1. The summed E-state index contributed by atoms with van der Waals surface area (Å²) in [5.41, 5.74) is 2.27. The molecule has 6 nitrogen and oxygen atoms in total. The lowest BCUT2D eigenvalue weighted by molar-refractivity contribution is -0.117. The van der Waals surface area contributed by atoms with Crippen molar-refractivity contribution in [3.63, 3.8) is 0 Å². The van der Waals surface area contributed by atoms with Gasteiger partial charge in [0, 0.05) is 27.4 Å². The van der Waals surface area contributed by atoms with E-state index in [1.165, 1.54) is 31.3 Å². The lowest BCUT2D eigenvalue weighted by atomic mass is 9.95. The van der Waals surface area contributed by atoms with Crippen molar-refractivity contribution >= 4 is 33.4 Å². The van der Waals surface area contributed by atoms with Gasteiger partial charge >= 0.3 is 0 Å². The number of hydrogen-bond donors (Lipinski definition) is 1. The van der Waals surface area contributed by atoms with E-state index >= 15 is 0 Å². The van der Waals surface area contributed by atoms with E-state index in [1.807, 2.05) is 12.1 Å². The fourth-order valence-corrected chi connectivity index (χ4v) is 4.15. The summed E-state index contributed by atoms with van der Waals surface area (Å²) in [6.45, 7) is -0.188. The Kier molecular flexibility index (Phi) is 6.14. The molecule has 3 aromatic rings. The van der Waals surface area contributed by atoms with Crippen molar-refractivity contribution in [2.24, 2.45) is 0 Å². The Hall–Kier alpha value is -3.39. The summed E-state index contributed by atoms with van der Waals surface area (Å²) in [6, 6.07) is 15.6. The molecule has 0 fully saturated rings. The van der Waals surface area contributed by atoms with Crippen LogP contribution < -0.4 is 14.8 Å². The number of methoxy groups -OCH3 is 2. The van der Waals surface area contributed by atoms with E-state index in [0.29, 0.717) is 33.9 Å². The normalized spacial score (nSPS) is 15.4. The zero-order valence-corrected chi connectivity index (χ0v) is 19.0. The summed E-state index contributed by atoms with van der Waals surface area (Å²) in [7, 11) is 3.00. The number of benzene rings is 3. The first kappa shape index (κ1) is 21.8. The van der Waals surface area contributed by atoms with Crippen molar-refractivity contribution in [1.82, 2.24) is 4.90 Å². The molecule has 1 aliphatic rings. The minimum atomic E-state index is -0.633. The maximum Gasteiger partial charge on any atom is 0.255 e. The fourth-order valence-electron chi connectivity index (χ4n) is 3.77. The van der Waals surface area contributed by atoms with Crippen LogP contribution in [-0.2, 0) is 4.79 Å². The van der Waals surface area contributed by atoms with Gasteiger partial charge in [-0.3, -0.25) is 9.59 Å². The molecule has 164 valence electrons. The largest absolute Gasteiger partial charge is 0.497 e. The monoisotopic (exact) mass is 498 g/mol. The van der Waals surface area contributed by atoms with Crippen LogP contribution in [-0.4, -0.2) is 37.5 Å². The average molecular weight is 499 g/mol. The van der Waals surface area contributed by atoms with Gasteiger partial charge in [-0.15, -0.1) is 0 Å². The molecule has 1 N–H and O–H groups in total. The minimum absolute atomic E-state index is 0.188. The van der Waals surface area contributed by atoms with Crippen molar-refractivity contribution in [3.05, 3.63) is 87.6 Å². The van der Waals surface area contributed by atoms with Gasteiger partial charge in [-0.2, -0.15) is 0 Å². The van der Waals surface area contributed by atoms with Gasteiger partial charge in [0.2, 0.25) is 5.91 Å². The fraction of sp³-hybridized carbons (Fsp3) is 0.167. The van der Waals surface area contributed by atoms with Crippen LogP contribution in [0.25, 0.3) is 0 Å². The van der Waals surface area contributed by atoms with Gasteiger partial charge < -0.3 is 19.7 Å². The standard InChI is InChI=1S/C24H20BrFN2O4/c1-31-18-9-15(10-19(12-18)32-2)24(30)28-13-22(29)27-21-8-5-16(25)11-20(21)23(28)14-3-6-17(26)7-4-14/h3-12,23H,13H2,1-2H3,(H,27,29)/t23-/m1/s1. The van der Waals surface area contributed by atoms with Crippen LogP contribution in [0.5, 0.6) is 11.5 Å². The van der Waals surface area contributed by atoms with Crippen LogP contribution in [0.15, 0.2) is 65.1 Å². The highest BCUT2D eigenvalue weighted by molar-refractivity contribution is 9.10. The van der Waals surface area contributed by atoms with E-state index in [9.17, 15) is 14.0 Å². The molecule has 0 spiro atoms.